The minimum atomic E-state index is -0.469. The van der Waals surface area contributed by atoms with E-state index in [1.165, 1.54) is 0 Å². The highest BCUT2D eigenvalue weighted by atomic mass is 16.6. The van der Waals surface area contributed by atoms with Crippen molar-refractivity contribution in [3.63, 3.8) is 0 Å². The first kappa shape index (κ1) is 25.6. The van der Waals surface area contributed by atoms with Gasteiger partial charge in [0.25, 0.3) is 0 Å². The zero-order valence-corrected chi connectivity index (χ0v) is 20.9. The molecule has 1 N–H and O–H groups in total. The molecule has 3 aromatic rings. The van der Waals surface area contributed by atoms with E-state index in [0.717, 1.165) is 16.7 Å². The molecule has 1 aliphatic heterocycles. The average Bonchev–Trinajstić information content (AvgIpc) is 3.50. The SMILES string of the molecule is O=C1OCC[C@H]1[C@@H]1[C@@H](CO)[C@@H](OCc2ccccc2)[C@H](OCc2ccccc2)[C@H]1OCc1ccccc1. The number of benzene rings is 3. The fourth-order valence-corrected chi connectivity index (χ4v) is 5.64. The summed E-state index contributed by atoms with van der Waals surface area (Å²) in [4.78, 5) is 12.8. The van der Waals surface area contributed by atoms with E-state index in [1.807, 2.05) is 91.0 Å². The van der Waals surface area contributed by atoms with Gasteiger partial charge in [-0.3, -0.25) is 4.79 Å². The molecule has 3 aromatic carbocycles. The molecule has 0 unspecified atom stereocenters. The Hall–Kier alpha value is -3.03. The van der Waals surface area contributed by atoms with Gasteiger partial charge in [-0.1, -0.05) is 91.0 Å². The molecule has 0 radical (unpaired) electrons. The van der Waals surface area contributed by atoms with Crippen molar-refractivity contribution in [2.24, 2.45) is 17.8 Å². The Morgan fingerprint density at radius 3 is 1.57 bits per heavy atom. The molecule has 2 aliphatic rings. The summed E-state index contributed by atoms with van der Waals surface area (Å²) in [7, 11) is 0. The van der Waals surface area contributed by atoms with Crippen molar-refractivity contribution in [3.8, 4) is 0 Å². The molecule has 37 heavy (non-hydrogen) atoms. The first-order valence-electron chi connectivity index (χ1n) is 13.0. The summed E-state index contributed by atoms with van der Waals surface area (Å²) in [5.41, 5.74) is 3.10. The smallest absolute Gasteiger partial charge is 0.309 e. The molecule has 0 aromatic heterocycles. The molecular weight excluding hydrogens is 468 g/mol. The lowest BCUT2D eigenvalue weighted by molar-refractivity contribution is -0.147. The van der Waals surface area contributed by atoms with Crippen molar-refractivity contribution in [3.05, 3.63) is 108 Å². The molecular formula is C31H34O6. The van der Waals surface area contributed by atoms with Crippen LogP contribution >= 0.6 is 0 Å². The maximum Gasteiger partial charge on any atom is 0.309 e. The summed E-state index contributed by atoms with van der Waals surface area (Å²) >= 11 is 0. The average molecular weight is 503 g/mol. The fourth-order valence-electron chi connectivity index (χ4n) is 5.64. The molecule has 6 atom stereocenters. The third-order valence-corrected chi connectivity index (χ3v) is 7.45. The molecule has 1 heterocycles. The molecule has 2 fully saturated rings. The highest BCUT2D eigenvalue weighted by Crippen LogP contribution is 2.46. The van der Waals surface area contributed by atoms with Gasteiger partial charge < -0.3 is 24.1 Å². The lowest BCUT2D eigenvalue weighted by atomic mass is 9.81. The van der Waals surface area contributed by atoms with Crippen molar-refractivity contribution in [1.29, 1.82) is 0 Å². The van der Waals surface area contributed by atoms with E-state index in [1.54, 1.807) is 0 Å². The van der Waals surface area contributed by atoms with Gasteiger partial charge in [-0.25, -0.2) is 0 Å². The summed E-state index contributed by atoms with van der Waals surface area (Å²) in [6, 6.07) is 29.9. The van der Waals surface area contributed by atoms with Gasteiger partial charge in [0, 0.05) is 18.4 Å². The van der Waals surface area contributed by atoms with Crippen molar-refractivity contribution in [2.75, 3.05) is 13.2 Å². The van der Waals surface area contributed by atoms with Crippen LogP contribution in [0.1, 0.15) is 23.1 Å². The Morgan fingerprint density at radius 1 is 0.676 bits per heavy atom. The largest absolute Gasteiger partial charge is 0.465 e. The van der Waals surface area contributed by atoms with Crippen LogP contribution < -0.4 is 0 Å². The Bertz CT molecular complexity index is 1110. The van der Waals surface area contributed by atoms with E-state index in [0.29, 0.717) is 32.8 Å². The molecule has 5 rings (SSSR count). The Labute approximate surface area is 218 Å². The fraction of sp³-hybridized carbons (Fsp3) is 0.387. The van der Waals surface area contributed by atoms with Crippen LogP contribution in [0, 0.1) is 17.8 Å². The van der Waals surface area contributed by atoms with Crippen LogP contribution in [0.15, 0.2) is 91.0 Å². The van der Waals surface area contributed by atoms with Crippen LogP contribution in [0.5, 0.6) is 0 Å². The second kappa shape index (κ2) is 12.5. The van der Waals surface area contributed by atoms with E-state index in [-0.39, 0.29) is 30.3 Å². The van der Waals surface area contributed by atoms with Crippen molar-refractivity contribution >= 4 is 5.97 Å². The normalized spacial score (nSPS) is 27.3. The molecule has 6 heteroatoms. The monoisotopic (exact) mass is 502 g/mol. The van der Waals surface area contributed by atoms with E-state index in [9.17, 15) is 9.90 Å². The molecule has 1 aliphatic carbocycles. The molecule has 194 valence electrons. The van der Waals surface area contributed by atoms with Gasteiger partial charge in [-0.2, -0.15) is 0 Å². The zero-order chi connectivity index (χ0) is 25.5. The standard InChI is InChI=1S/C31H34O6/c32-18-26-27(25-16-17-34-31(25)33)29(36-20-23-12-6-2-7-13-23)30(37-21-24-14-8-3-9-15-24)28(26)35-19-22-10-4-1-5-11-22/h1-15,25-30,32H,16-21H2/t25-,26+,27+,28+,29-,30-/m0/s1. The Balaban J connectivity index is 1.44. The lowest BCUT2D eigenvalue weighted by Crippen LogP contribution is -2.39. The van der Waals surface area contributed by atoms with Crippen LogP contribution in [-0.2, 0) is 43.6 Å². The number of hydrogen-bond donors (Lipinski definition) is 1. The van der Waals surface area contributed by atoms with Gasteiger partial charge in [0.15, 0.2) is 0 Å². The van der Waals surface area contributed by atoms with Crippen LogP contribution in [0.4, 0.5) is 0 Å². The molecule has 6 nitrogen and oxygen atoms in total. The van der Waals surface area contributed by atoms with E-state index in [2.05, 4.69) is 0 Å². The van der Waals surface area contributed by atoms with Crippen molar-refractivity contribution in [1.82, 2.24) is 0 Å². The van der Waals surface area contributed by atoms with E-state index in [4.69, 9.17) is 18.9 Å². The highest BCUT2D eigenvalue weighted by molar-refractivity contribution is 5.74. The second-order valence-electron chi connectivity index (χ2n) is 9.77. The van der Waals surface area contributed by atoms with Gasteiger partial charge >= 0.3 is 5.97 Å². The highest BCUT2D eigenvalue weighted by Gasteiger charge is 2.57. The zero-order valence-electron chi connectivity index (χ0n) is 20.9. The number of rotatable bonds is 11. The summed E-state index contributed by atoms with van der Waals surface area (Å²) in [6.07, 6.45) is -0.768. The predicted octanol–water partition coefficient (Wildman–Crippen LogP) is 4.54. The number of cyclic esters (lactones) is 1. The summed E-state index contributed by atoms with van der Waals surface area (Å²) in [5.74, 6) is -1.22. The summed E-state index contributed by atoms with van der Waals surface area (Å²) in [5, 5.41) is 10.6. The first-order valence-corrected chi connectivity index (χ1v) is 13.0. The number of hydrogen-bond acceptors (Lipinski definition) is 6. The molecule has 0 amide bonds. The minimum Gasteiger partial charge on any atom is -0.465 e. The van der Waals surface area contributed by atoms with Crippen molar-refractivity contribution < 1.29 is 28.8 Å². The number of ether oxygens (including phenoxy) is 4. The number of aliphatic hydroxyl groups excluding tert-OH is 1. The van der Waals surface area contributed by atoms with E-state index < -0.39 is 18.3 Å². The quantitative estimate of drug-likeness (QED) is 0.388. The van der Waals surface area contributed by atoms with Crippen LogP contribution in [-0.4, -0.2) is 42.6 Å². The van der Waals surface area contributed by atoms with Crippen LogP contribution in [0.2, 0.25) is 0 Å². The third kappa shape index (κ3) is 6.11. The van der Waals surface area contributed by atoms with Crippen molar-refractivity contribution in [2.45, 2.75) is 44.6 Å². The number of esters is 1. The molecule has 1 saturated heterocycles. The maximum absolute atomic E-state index is 12.8. The maximum atomic E-state index is 12.8. The van der Waals surface area contributed by atoms with Gasteiger partial charge in [0.1, 0.15) is 6.10 Å². The second-order valence-corrected chi connectivity index (χ2v) is 9.77. The van der Waals surface area contributed by atoms with Gasteiger partial charge in [-0.15, -0.1) is 0 Å². The number of carbonyl (C=O) groups excluding carboxylic acids is 1. The lowest BCUT2D eigenvalue weighted by Gasteiger charge is -2.29. The summed E-state index contributed by atoms with van der Waals surface area (Å²) in [6.45, 7) is 1.37. The molecule has 0 spiro atoms. The number of carbonyl (C=O) groups is 1. The molecule has 0 bridgehead atoms. The Morgan fingerprint density at radius 2 is 1.14 bits per heavy atom. The predicted molar refractivity (Wildman–Crippen MR) is 138 cm³/mol. The third-order valence-electron chi connectivity index (χ3n) is 7.45. The summed E-state index contributed by atoms with van der Waals surface area (Å²) < 4.78 is 24.9. The van der Waals surface area contributed by atoms with Crippen LogP contribution in [0.3, 0.4) is 0 Å². The Kier molecular flexibility index (Phi) is 8.64. The molecule has 1 saturated carbocycles. The van der Waals surface area contributed by atoms with Gasteiger partial charge in [0.2, 0.25) is 0 Å². The minimum absolute atomic E-state index is 0.135. The van der Waals surface area contributed by atoms with Gasteiger partial charge in [-0.05, 0) is 23.1 Å². The van der Waals surface area contributed by atoms with E-state index >= 15 is 0 Å². The van der Waals surface area contributed by atoms with Gasteiger partial charge in [0.05, 0.1) is 44.6 Å². The number of aliphatic hydroxyl groups is 1. The van der Waals surface area contributed by atoms with Crippen LogP contribution in [0.25, 0.3) is 0 Å². The first-order chi connectivity index (χ1) is 18.2. The topological polar surface area (TPSA) is 74.2 Å².